The van der Waals surface area contributed by atoms with Gasteiger partial charge in [-0.15, -0.1) is 0 Å². The van der Waals surface area contributed by atoms with E-state index in [1.807, 2.05) is 6.07 Å². The molecule has 1 saturated carbocycles. The number of piperidine rings is 1. The Kier molecular flexibility index (Phi) is 3.13. The minimum Gasteiger partial charge on any atom is -0.504 e. The number of rotatable bonds is 1. The lowest BCUT2D eigenvalue weighted by Crippen LogP contribution is -2.78. The lowest BCUT2D eigenvalue weighted by Gasteiger charge is -2.62. The van der Waals surface area contributed by atoms with Crippen molar-refractivity contribution in [1.82, 2.24) is 10.2 Å². The molecule has 2 bridgehead atoms. The maximum atomic E-state index is 13.3. The Bertz CT molecular complexity index is 1160. The number of aromatic hydroxyl groups is 1. The van der Waals surface area contributed by atoms with E-state index in [0.29, 0.717) is 49.1 Å². The minimum absolute atomic E-state index is 0.0444. The first kappa shape index (κ1) is 17.7. The number of ether oxygens (including phenoxy) is 1. The normalized spacial score (nSPS) is 36.8. The van der Waals surface area contributed by atoms with Crippen molar-refractivity contribution in [2.45, 2.75) is 54.9 Å². The smallest absolute Gasteiger partial charge is 0.261 e. The van der Waals surface area contributed by atoms with Gasteiger partial charge in [-0.2, -0.15) is 0 Å². The third-order valence-electron chi connectivity index (χ3n) is 8.41. The van der Waals surface area contributed by atoms with Gasteiger partial charge in [-0.05, 0) is 56.0 Å². The number of nitrogens with one attached hydrogen (secondary N) is 1. The fraction of sp³-hybridized carbons (Fsp3) is 0.417. The number of hydrogen-bond acceptors (Lipinski definition) is 6. The highest BCUT2D eigenvalue weighted by molar-refractivity contribution is 6.21. The van der Waals surface area contributed by atoms with Gasteiger partial charge in [0.1, 0.15) is 6.10 Å². The highest BCUT2D eigenvalue weighted by Crippen LogP contribution is 2.64. The average Bonchev–Trinajstić information content (AvgIpc) is 3.23. The van der Waals surface area contributed by atoms with Crippen LogP contribution >= 0.6 is 0 Å². The van der Waals surface area contributed by atoms with Crippen LogP contribution in [0.15, 0.2) is 36.4 Å². The van der Waals surface area contributed by atoms with Gasteiger partial charge in [-0.3, -0.25) is 14.5 Å². The number of phenolic OH excluding ortho intramolecular Hbond substituents is 1. The molecule has 2 fully saturated rings. The Morgan fingerprint density at radius 3 is 2.55 bits per heavy atom. The molecule has 2 aromatic carbocycles. The summed E-state index contributed by atoms with van der Waals surface area (Å²) in [6.07, 6.45) is 1.59. The Hall–Kier alpha value is -2.90. The summed E-state index contributed by atoms with van der Waals surface area (Å²) in [5, 5.41) is 26.2. The maximum Gasteiger partial charge on any atom is 0.261 e. The second-order valence-electron chi connectivity index (χ2n) is 9.47. The number of carbonyl (C=O) groups excluding carboxylic acids is 2. The van der Waals surface area contributed by atoms with E-state index in [2.05, 4.69) is 5.32 Å². The molecule has 7 nitrogen and oxygen atoms in total. The van der Waals surface area contributed by atoms with Crippen LogP contribution in [0, 0.1) is 0 Å². The van der Waals surface area contributed by atoms with Gasteiger partial charge < -0.3 is 20.3 Å². The number of carbonyl (C=O) groups is 2. The quantitative estimate of drug-likeness (QED) is 0.607. The molecule has 2 aliphatic carbocycles. The van der Waals surface area contributed by atoms with Crippen molar-refractivity contribution >= 4 is 11.8 Å². The molecule has 7 heteroatoms. The second-order valence-corrected chi connectivity index (χ2v) is 9.47. The molecule has 1 spiro atoms. The third-order valence-corrected chi connectivity index (χ3v) is 8.41. The molecule has 7 rings (SSSR count). The third kappa shape index (κ3) is 1.81. The van der Waals surface area contributed by atoms with Crippen molar-refractivity contribution in [3.63, 3.8) is 0 Å². The Morgan fingerprint density at radius 2 is 1.81 bits per heavy atom. The second kappa shape index (κ2) is 5.47. The number of amides is 2. The van der Waals surface area contributed by atoms with E-state index in [9.17, 15) is 19.8 Å². The summed E-state index contributed by atoms with van der Waals surface area (Å²) in [5.41, 5.74) is 0.938. The molecule has 5 aliphatic rings. The summed E-state index contributed by atoms with van der Waals surface area (Å²) in [4.78, 5) is 27.9. The van der Waals surface area contributed by atoms with Gasteiger partial charge in [0.2, 0.25) is 0 Å². The van der Waals surface area contributed by atoms with Crippen LogP contribution in [0.5, 0.6) is 11.5 Å². The lowest BCUT2D eigenvalue weighted by molar-refractivity contribution is -0.164. The number of nitrogens with zero attached hydrogens (tertiary/aromatic N) is 1. The highest BCUT2D eigenvalue weighted by atomic mass is 16.5. The van der Waals surface area contributed by atoms with Crippen LogP contribution < -0.4 is 10.1 Å². The van der Waals surface area contributed by atoms with E-state index in [-0.39, 0.29) is 23.6 Å². The first-order valence-electron chi connectivity index (χ1n) is 10.9. The molecule has 3 aliphatic heterocycles. The van der Waals surface area contributed by atoms with E-state index in [1.54, 1.807) is 30.3 Å². The number of hydrogen-bond donors (Lipinski definition) is 3. The van der Waals surface area contributed by atoms with Crippen molar-refractivity contribution in [2.24, 2.45) is 0 Å². The molecule has 3 heterocycles. The van der Waals surface area contributed by atoms with Crippen LogP contribution in [-0.2, 0) is 11.8 Å². The van der Waals surface area contributed by atoms with Gasteiger partial charge >= 0.3 is 0 Å². The van der Waals surface area contributed by atoms with Crippen LogP contribution in [-0.4, -0.2) is 57.3 Å². The molecule has 2 unspecified atom stereocenters. The van der Waals surface area contributed by atoms with E-state index >= 15 is 0 Å². The monoisotopic (exact) mass is 418 g/mol. The number of fused-ring (bicyclic) bond motifs is 1. The Morgan fingerprint density at radius 1 is 1.06 bits per heavy atom. The first-order valence-corrected chi connectivity index (χ1v) is 10.9. The predicted octanol–water partition coefficient (Wildman–Crippen LogP) is 1.50. The molecular weight excluding hydrogens is 396 g/mol. The van der Waals surface area contributed by atoms with Gasteiger partial charge in [0, 0.05) is 11.6 Å². The fourth-order valence-corrected chi connectivity index (χ4v) is 7.19. The summed E-state index contributed by atoms with van der Waals surface area (Å²) >= 11 is 0. The predicted molar refractivity (Wildman–Crippen MR) is 109 cm³/mol. The van der Waals surface area contributed by atoms with Gasteiger partial charge in [-0.25, -0.2) is 0 Å². The van der Waals surface area contributed by atoms with E-state index < -0.39 is 23.2 Å². The topological polar surface area (TPSA) is 99.1 Å². The molecule has 0 radical (unpaired) electrons. The summed E-state index contributed by atoms with van der Waals surface area (Å²) in [5.74, 6) is -0.164. The molecule has 158 valence electrons. The molecule has 31 heavy (non-hydrogen) atoms. The van der Waals surface area contributed by atoms with Crippen molar-refractivity contribution < 1.29 is 24.5 Å². The summed E-state index contributed by atoms with van der Waals surface area (Å²) in [7, 11) is 0. The molecule has 2 aromatic rings. The Labute approximate surface area is 178 Å². The zero-order valence-electron chi connectivity index (χ0n) is 16.8. The Balaban J connectivity index is 1.42. The standard InChI is InChI=1S/C24H22N2O5/c27-16-6-5-12-11-17-24(30)8-7-15(20-23(24,9-10-25-17)18(12)19(16)31-20)26-21(28)13-3-1-2-4-14(13)22(26)29/h1-6,15,17,20,25,27,30H,7-11H2/t15?,17-,20?,23+,24-/m1/s1. The van der Waals surface area contributed by atoms with E-state index in [0.717, 1.165) is 11.1 Å². The molecular formula is C24H22N2O5. The molecule has 0 aromatic heterocycles. The van der Waals surface area contributed by atoms with Gasteiger partial charge in [0.15, 0.2) is 11.5 Å². The van der Waals surface area contributed by atoms with E-state index in [4.69, 9.17) is 4.74 Å². The van der Waals surface area contributed by atoms with Gasteiger partial charge in [-0.1, -0.05) is 18.2 Å². The summed E-state index contributed by atoms with van der Waals surface area (Å²) in [6.45, 7) is 0.705. The highest BCUT2D eigenvalue weighted by Gasteiger charge is 2.73. The van der Waals surface area contributed by atoms with Crippen LogP contribution in [0.2, 0.25) is 0 Å². The first-order chi connectivity index (χ1) is 15.0. The van der Waals surface area contributed by atoms with Crippen LogP contribution in [0.3, 0.4) is 0 Å². The van der Waals surface area contributed by atoms with Gasteiger partial charge in [0.05, 0.1) is 28.2 Å². The molecule has 2 amide bonds. The number of aliphatic hydroxyl groups is 1. The SMILES string of the molecule is O=C1c2ccccc2C(=O)N1C1CC[C@@]2(O)[C@H]3Cc4ccc(O)c5c4[C@@]2(CCN3)C1O5. The van der Waals surface area contributed by atoms with Gasteiger partial charge in [0.25, 0.3) is 11.8 Å². The number of phenols is 1. The summed E-state index contributed by atoms with van der Waals surface area (Å²) < 4.78 is 6.41. The molecule has 5 atom stereocenters. The van der Waals surface area contributed by atoms with Crippen LogP contribution in [0.1, 0.15) is 51.1 Å². The van der Waals surface area contributed by atoms with Crippen LogP contribution in [0.4, 0.5) is 0 Å². The van der Waals surface area contributed by atoms with E-state index in [1.165, 1.54) is 4.90 Å². The van der Waals surface area contributed by atoms with Crippen molar-refractivity contribution in [1.29, 1.82) is 0 Å². The maximum absolute atomic E-state index is 13.3. The van der Waals surface area contributed by atoms with Crippen LogP contribution in [0.25, 0.3) is 0 Å². The van der Waals surface area contributed by atoms with Crippen molar-refractivity contribution in [3.8, 4) is 11.5 Å². The number of benzene rings is 2. The average molecular weight is 418 g/mol. The fourth-order valence-electron chi connectivity index (χ4n) is 7.19. The summed E-state index contributed by atoms with van der Waals surface area (Å²) in [6, 6.07) is 9.80. The zero-order chi connectivity index (χ0) is 21.1. The number of imide groups is 1. The lowest BCUT2D eigenvalue weighted by atomic mass is 9.48. The molecule has 1 saturated heterocycles. The zero-order valence-corrected chi connectivity index (χ0v) is 16.8. The largest absolute Gasteiger partial charge is 0.504 e. The van der Waals surface area contributed by atoms with Crippen molar-refractivity contribution in [2.75, 3.05) is 6.54 Å². The molecule has 3 N–H and O–H groups in total. The van der Waals surface area contributed by atoms with Crippen molar-refractivity contribution in [3.05, 3.63) is 58.7 Å². The minimum atomic E-state index is -1.06.